The van der Waals surface area contributed by atoms with Gasteiger partial charge in [0.1, 0.15) is 0 Å². The molecule has 0 aromatic carbocycles. The monoisotopic (exact) mass is 200 g/mol. The molecule has 0 saturated heterocycles. The molecular formula is C10H9BN2O2. The second kappa shape index (κ2) is 4.21. The van der Waals surface area contributed by atoms with Gasteiger partial charge < -0.3 is 10.0 Å². The normalized spacial score (nSPS) is 10.0. The van der Waals surface area contributed by atoms with Crippen molar-refractivity contribution in [1.82, 2.24) is 9.97 Å². The lowest BCUT2D eigenvalue weighted by Gasteiger charge is -2.02. The highest BCUT2D eigenvalue weighted by molar-refractivity contribution is 6.57. The molecular weight excluding hydrogens is 191 g/mol. The van der Waals surface area contributed by atoms with Crippen LogP contribution >= 0.6 is 0 Å². The molecule has 2 heterocycles. The molecule has 15 heavy (non-hydrogen) atoms. The fourth-order valence-corrected chi connectivity index (χ4v) is 1.25. The van der Waals surface area contributed by atoms with Crippen molar-refractivity contribution in [2.75, 3.05) is 0 Å². The van der Waals surface area contributed by atoms with E-state index in [0.29, 0.717) is 11.4 Å². The van der Waals surface area contributed by atoms with Crippen LogP contribution in [-0.2, 0) is 0 Å². The van der Waals surface area contributed by atoms with Crippen molar-refractivity contribution in [2.45, 2.75) is 0 Å². The molecule has 0 radical (unpaired) electrons. The summed E-state index contributed by atoms with van der Waals surface area (Å²) in [6, 6.07) is 10.5. The van der Waals surface area contributed by atoms with Gasteiger partial charge in [0.25, 0.3) is 0 Å². The summed E-state index contributed by atoms with van der Waals surface area (Å²) in [5.41, 5.74) is 1.55. The van der Waals surface area contributed by atoms with Crippen LogP contribution in [0.2, 0.25) is 0 Å². The molecule has 74 valence electrons. The van der Waals surface area contributed by atoms with E-state index in [1.54, 1.807) is 24.4 Å². The highest BCUT2D eigenvalue weighted by atomic mass is 16.4. The standard InChI is InChI=1S/C10H9BN2O2/c14-11(15)10-6-3-5-9(13-10)8-4-1-2-7-12-8/h1-7,14-15H. The third kappa shape index (κ3) is 2.20. The van der Waals surface area contributed by atoms with E-state index < -0.39 is 7.12 Å². The number of aromatic nitrogens is 2. The van der Waals surface area contributed by atoms with E-state index in [1.165, 1.54) is 0 Å². The molecule has 0 saturated carbocycles. The van der Waals surface area contributed by atoms with Crippen LogP contribution in [0.4, 0.5) is 0 Å². The second-order valence-electron chi connectivity index (χ2n) is 3.04. The first kappa shape index (κ1) is 9.83. The van der Waals surface area contributed by atoms with E-state index in [9.17, 15) is 0 Å². The van der Waals surface area contributed by atoms with Gasteiger partial charge in [-0.2, -0.15) is 0 Å². The van der Waals surface area contributed by atoms with Crippen LogP contribution in [0.1, 0.15) is 0 Å². The fourth-order valence-electron chi connectivity index (χ4n) is 1.25. The van der Waals surface area contributed by atoms with Gasteiger partial charge in [-0.3, -0.25) is 9.97 Å². The average Bonchev–Trinajstić information content (AvgIpc) is 2.30. The number of hydrogen-bond acceptors (Lipinski definition) is 4. The molecule has 0 bridgehead atoms. The summed E-state index contributed by atoms with van der Waals surface area (Å²) < 4.78 is 0. The Labute approximate surface area is 87.4 Å². The van der Waals surface area contributed by atoms with Crippen molar-refractivity contribution in [3.8, 4) is 11.4 Å². The summed E-state index contributed by atoms with van der Waals surface area (Å²) in [5.74, 6) is 0. The number of hydrogen-bond donors (Lipinski definition) is 2. The van der Waals surface area contributed by atoms with E-state index >= 15 is 0 Å². The molecule has 0 atom stereocenters. The summed E-state index contributed by atoms with van der Waals surface area (Å²) in [6.07, 6.45) is 1.67. The molecule has 0 fully saturated rings. The number of pyridine rings is 2. The quantitative estimate of drug-likeness (QED) is 0.660. The van der Waals surface area contributed by atoms with Crippen molar-refractivity contribution in [1.29, 1.82) is 0 Å². The summed E-state index contributed by atoms with van der Waals surface area (Å²) in [4.78, 5) is 8.20. The molecule has 0 unspecified atom stereocenters. The predicted octanol–water partition coefficient (Wildman–Crippen LogP) is -0.177. The van der Waals surface area contributed by atoms with Crippen LogP contribution in [0.25, 0.3) is 11.4 Å². The van der Waals surface area contributed by atoms with Crippen LogP contribution in [-0.4, -0.2) is 27.1 Å². The van der Waals surface area contributed by atoms with E-state index in [2.05, 4.69) is 9.97 Å². The maximum Gasteiger partial charge on any atom is 0.508 e. The molecule has 0 aliphatic rings. The first-order valence-electron chi connectivity index (χ1n) is 4.52. The zero-order valence-corrected chi connectivity index (χ0v) is 7.91. The minimum absolute atomic E-state index is 0.221. The summed E-state index contributed by atoms with van der Waals surface area (Å²) in [7, 11) is -1.55. The van der Waals surface area contributed by atoms with Crippen LogP contribution in [0.3, 0.4) is 0 Å². The Morgan fingerprint density at radius 1 is 0.933 bits per heavy atom. The Bertz CT molecular complexity index is 448. The summed E-state index contributed by atoms with van der Waals surface area (Å²) in [6.45, 7) is 0. The van der Waals surface area contributed by atoms with Crippen LogP contribution in [0.5, 0.6) is 0 Å². The second-order valence-corrected chi connectivity index (χ2v) is 3.04. The Morgan fingerprint density at radius 2 is 1.73 bits per heavy atom. The van der Waals surface area contributed by atoms with Gasteiger partial charge in [0.05, 0.1) is 17.0 Å². The van der Waals surface area contributed by atoms with Gasteiger partial charge >= 0.3 is 7.12 Å². The van der Waals surface area contributed by atoms with Crippen molar-refractivity contribution in [3.05, 3.63) is 42.6 Å². The first-order chi connectivity index (χ1) is 7.27. The lowest BCUT2D eigenvalue weighted by molar-refractivity contribution is 0.424. The zero-order chi connectivity index (χ0) is 10.7. The van der Waals surface area contributed by atoms with Gasteiger partial charge in [0.15, 0.2) is 0 Å². The number of rotatable bonds is 2. The maximum atomic E-state index is 8.97. The van der Waals surface area contributed by atoms with E-state index in [1.807, 2.05) is 18.2 Å². The van der Waals surface area contributed by atoms with Gasteiger partial charge in [0.2, 0.25) is 0 Å². The molecule has 2 rings (SSSR count). The lowest BCUT2D eigenvalue weighted by Crippen LogP contribution is -2.32. The minimum atomic E-state index is -1.55. The third-order valence-electron chi connectivity index (χ3n) is 1.96. The summed E-state index contributed by atoms with van der Waals surface area (Å²) >= 11 is 0. The lowest BCUT2D eigenvalue weighted by atomic mass is 9.85. The average molecular weight is 200 g/mol. The van der Waals surface area contributed by atoms with Crippen LogP contribution < -0.4 is 5.59 Å². The molecule has 4 nitrogen and oxygen atoms in total. The van der Waals surface area contributed by atoms with E-state index in [-0.39, 0.29) is 5.59 Å². The molecule has 0 amide bonds. The zero-order valence-electron chi connectivity index (χ0n) is 7.91. The van der Waals surface area contributed by atoms with E-state index in [4.69, 9.17) is 10.0 Å². The van der Waals surface area contributed by atoms with Crippen molar-refractivity contribution >= 4 is 12.7 Å². The molecule has 2 aromatic heterocycles. The van der Waals surface area contributed by atoms with Gasteiger partial charge in [-0.15, -0.1) is 0 Å². The SMILES string of the molecule is OB(O)c1cccc(-c2ccccn2)n1. The Kier molecular flexibility index (Phi) is 2.76. The highest BCUT2D eigenvalue weighted by Crippen LogP contribution is 2.10. The van der Waals surface area contributed by atoms with E-state index in [0.717, 1.165) is 0 Å². The smallest absolute Gasteiger partial charge is 0.422 e. The van der Waals surface area contributed by atoms with Crippen molar-refractivity contribution in [3.63, 3.8) is 0 Å². The molecule has 0 aliphatic carbocycles. The molecule has 0 spiro atoms. The Morgan fingerprint density at radius 3 is 2.40 bits per heavy atom. The largest absolute Gasteiger partial charge is 0.508 e. The third-order valence-corrected chi connectivity index (χ3v) is 1.96. The highest BCUT2D eigenvalue weighted by Gasteiger charge is 2.13. The Balaban J connectivity index is 2.42. The minimum Gasteiger partial charge on any atom is -0.422 e. The molecule has 5 heteroatoms. The number of nitrogens with zero attached hydrogens (tertiary/aromatic N) is 2. The van der Waals surface area contributed by atoms with Gasteiger partial charge in [-0.1, -0.05) is 12.1 Å². The van der Waals surface area contributed by atoms with Gasteiger partial charge in [0, 0.05) is 6.20 Å². The molecule has 2 N–H and O–H groups in total. The predicted molar refractivity (Wildman–Crippen MR) is 57.3 cm³/mol. The van der Waals surface area contributed by atoms with Crippen LogP contribution in [0, 0.1) is 0 Å². The molecule has 0 aliphatic heterocycles. The maximum absolute atomic E-state index is 8.97. The van der Waals surface area contributed by atoms with Gasteiger partial charge in [-0.05, 0) is 24.3 Å². The van der Waals surface area contributed by atoms with Crippen molar-refractivity contribution < 1.29 is 10.0 Å². The fraction of sp³-hybridized carbons (Fsp3) is 0. The first-order valence-corrected chi connectivity index (χ1v) is 4.52. The Hall–Kier alpha value is -1.72. The van der Waals surface area contributed by atoms with Crippen molar-refractivity contribution in [2.24, 2.45) is 0 Å². The van der Waals surface area contributed by atoms with Crippen LogP contribution in [0.15, 0.2) is 42.6 Å². The topological polar surface area (TPSA) is 66.2 Å². The molecule has 2 aromatic rings. The van der Waals surface area contributed by atoms with Gasteiger partial charge in [-0.25, -0.2) is 0 Å². The summed E-state index contributed by atoms with van der Waals surface area (Å²) in [5, 5.41) is 17.9.